The fraction of sp³-hybridized carbons (Fsp3) is 0.579. The number of hydrogen-bond donors (Lipinski definition) is 1. The predicted octanol–water partition coefficient (Wildman–Crippen LogP) is 2.00. The van der Waals surface area contributed by atoms with Gasteiger partial charge in [-0.1, -0.05) is 12.1 Å². The molecule has 1 aliphatic carbocycles. The van der Waals surface area contributed by atoms with Crippen LogP contribution < -0.4 is 10.1 Å². The van der Waals surface area contributed by atoms with Crippen LogP contribution in [0.5, 0.6) is 5.75 Å². The van der Waals surface area contributed by atoms with Crippen LogP contribution in [0.15, 0.2) is 24.3 Å². The van der Waals surface area contributed by atoms with Crippen molar-refractivity contribution in [2.24, 2.45) is 0 Å². The summed E-state index contributed by atoms with van der Waals surface area (Å²) in [6.07, 6.45) is 5.50. The van der Waals surface area contributed by atoms with E-state index in [1.54, 1.807) is 7.11 Å². The Balaban J connectivity index is 1.69. The number of hydrogen-bond acceptors (Lipinski definition) is 3. The maximum absolute atomic E-state index is 13.2. The molecule has 0 radical (unpaired) electrons. The normalized spacial score (nSPS) is 29.3. The molecule has 2 atom stereocenters. The van der Waals surface area contributed by atoms with Crippen LogP contribution in [-0.2, 0) is 15.0 Å². The Morgan fingerprint density at radius 3 is 2.83 bits per heavy atom. The largest absolute Gasteiger partial charge is 0.497 e. The van der Waals surface area contributed by atoms with Crippen molar-refractivity contribution in [3.63, 3.8) is 0 Å². The lowest BCUT2D eigenvalue weighted by molar-refractivity contribution is -0.130. The summed E-state index contributed by atoms with van der Waals surface area (Å²) in [5, 5.41) is 3.22. The van der Waals surface area contributed by atoms with Crippen LogP contribution in [0, 0.1) is 0 Å². The molecule has 2 aliphatic heterocycles. The molecular weight excluding hydrogens is 304 g/mol. The van der Waals surface area contributed by atoms with E-state index in [-0.39, 0.29) is 17.9 Å². The molecule has 0 bridgehead atoms. The summed E-state index contributed by atoms with van der Waals surface area (Å²) in [6.45, 7) is 0.488. The second-order valence-corrected chi connectivity index (χ2v) is 7.33. The number of nitrogens with zero attached hydrogens (tertiary/aromatic N) is 1. The zero-order valence-electron chi connectivity index (χ0n) is 14.1. The Labute approximate surface area is 142 Å². The highest BCUT2D eigenvalue weighted by atomic mass is 16.5. The molecule has 1 aromatic rings. The van der Waals surface area contributed by atoms with Gasteiger partial charge in [-0.3, -0.25) is 9.59 Å². The third kappa shape index (κ3) is 2.38. The molecule has 0 unspecified atom stereocenters. The second kappa shape index (κ2) is 5.80. The first-order chi connectivity index (χ1) is 11.6. The summed E-state index contributed by atoms with van der Waals surface area (Å²) in [4.78, 5) is 27.3. The van der Waals surface area contributed by atoms with Crippen LogP contribution in [0.3, 0.4) is 0 Å². The van der Waals surface area contributed by atoms with E-state index in [9.17, 15) is 9.59 Å². The summed E-state index contributed by atoms with van der Waals surface area (Å²) < 4.78 is 5.36. The number of carbonyl (C=O) groups excluding carboxylic acids is 2. The van der Waals surface area contributed by atoms with Crippen molar-refractivity contribution in [3.8, 4) is 5.75 Å². The van der Waals surface area contributed by atoms with E-state index in [1.807, 2.05) is 29.2 Å². The number of fused-ring (bicyclic) bond motifs is 1. The van der Waals surface area contributed by atoms with Crippen LogP contribution >= 0.6 is 0 Å². The van der Waals surface area contributed by atoms with Crippen molar-refractivity contribution >= 4 is 11.8 Å². The molecule has 1 aromatic carbocycles. The molecule has 3 aliphatic rings. The van der Waals surface area contributed by atoms with Crippen LogP contribution in [0.4, 0.5) is 0 Å². The van der Waals surface area contributed by atoms with Gasteiger partial charge in [0.05, 0.1) is 12.5 Å². The Kier molecular flexibility index (Phi) is 3.74. The standard InChI is InChI=1S/C19H24N2O3/c1-24-16-7-2-4-13(10-16)19(18(23)20-14-5-3-6-14)11-15-8-9-17(22)21(15)12-19/h2,4,7,10,14-15H,3,5-6,8-9,11-12H2,1H3,(H,20,23)/t15-,19-/m0/s1. The lowest BCUT2D eigenvalue weighted by Crippen LogP contribution is -2.51. The molecule has 5 nitrogen and oxygen atoms in total. The van der Waals surface area contributed by atoms with Gasteiger partial charge in [-0.2, -0.15) is 0 Å². The highest BCUT2D eigenvalue weighted by molar-refractivity contribution is 5.91. The average Bonchev–Trinajstić information content (AvgIpc) is 3.11. The number of rotatable bonds is 4. The number of carbonyl (C=O) groups is 2. The Morgan fingerprint density at radius 1 is 1.33 bits per heavy atom. The fourth-order valence-corrected chi connectivity index (χ4v) is 4.28. The number of amides is 2. The number of benzene rings is 1. The van der Waals surface area contributed by atoms with Gasteiger partial charge in [0, 0.05) is 25.0 Å². The summed E-state index contributed by atoms with van der Waals surface area (Å²) in [7, 11) is 1.64. The third-order valence-electron chi connectivity index (χ3n) is 5.97. The van der Waals surface area contributed by atoms with Crippen molar-refractivity contribution < 1.29 is 14.3 Å². The van der Waals surface area contributed by atoms with Crippen LogP contribution in [0.1, 0.15) is 44.1 Å². The molecule has 128 valence electrons. The van der Waals surface area contributed by atoms with Gasteiger partial charge in [0.1, 0.15) is 5.75 Å². The Hall–Kier alpha value is -2.04. The van der Waals surface area contributed by atoms with Gasteiger partial charge in [0.2, 0.25) is 11.8 Å². The van der Waals surface area contributed by atoms with E-state index >= 15 is 0 Å². The summed E-state index contributed by atoms with van der Waals surface area (Å²) >= 11 is 0. The Morgan fingerprint density at radius 2 is 2.17 bits per heavy atom. The highest BCUT2D eigenvalue weighted by Gasteiger charge is 2.54. The van der Waals surface area contributed by atoms with Gasteiger partial charge < -0.3 is 15.0 Å². The fourth-order valence-electron chi connectivity index (χ4n) is 4.28. The van der Waals surface area contributed by atoms with Gasteiger partial charge in [0.25, 0.3) is 0 Å². The van der Waals surface area contributed by atoms with Gasteiger partial charge in [0.15, 0.2) is 0 Å². The number of nitrogens with one attached hydrogen (secondary N) is 1. The molecule has 2 saturated heterocycles. The lowest BCUT2D eigenvalue weighted by atomic mass is 9.76. The maximum Gasteiger partial charge on any atom is 0.232 e. The van der Waals surface area contributed by atoms with E-state index in [0.29, 0.717) is 25.4 Å². The first-order valence-electron chi connectivity index (χ1n) is 8.87. The summed E-state index contributed by atoms with van der Waals surface area (Å²) in [6, 6.07) is 8.25. The zero-order chi connectivity index (χ0) is 16.7. The van der Waals surface area contributed by atoms with Crippen molar-refractivity contribution in [2.45, 2.75) is 56.0 Å². The minimum Gasteiger partial charge on any atom is -0.497 e. The van der Waals surface area contributed by atoms with Crippen LogP contribution in [0.2, 0.25) is 0 Å². The molecule has 5 heteroatoms. The van der Waals surface area contributed by atoms with Crippen molar-refractivity contribution in [3.05, 3.63) is 29.8 Å². The number of methoxy groups -OCH3 is 1. The van der Waals surface area contributed by atoms with Crippen molar-refractivity contribution in [1.29, 1.82) is 0 Å². The molecular formula is C19H24N2O3. The first-order valence-corrected chi connectivity index (χ1v) is 8.87. The van der Waals surface area contributed by atoms with Gasteiger partial charge in [-0.05, 0) is 49.8 Å². The van der Waals surface area contributed by atoms with E-state index in [2.05, 4.69) is 5.32 Å². The molecule has 2 amide bonds. The Bertz CT molecular complexity index is 670. The van der Waals surface area contributed by atoms with E-state index in [1.165, 1.54) is 6.42 Å². The molecule has 2 heterocycles. The maximum atomic E-state index is 13.2. The minimum atomic E-state index is -0.648. The van der Waals surface area contributed by atoms with Crippen molar-refractivity contribution in [1.82, 2.24) is 10.2 Å². The first kappa shape index (κ1) is 15.5. The smallest absolute Gasteiger partial charge is 0.232 e. The second-order valence-electron chi connectivity index (χ2n) is 7.33. The lowest BCUT2D eigenvalue weighted by Gasteiger charge is -2.34. The van der Waals surface area contributed by atoms with E-state index in [4.69, 9.17) is 4.74 Å². The average molecular weight is 328 g/mol. The van der Waals surface area contributed by atoms with E-state index < -0.39 is 5.41 Å². The predicted molar refractivity (Wildman–Crippen MR) is 89.8 cm³/mol. The highest BCUT2D eigenvalue weighted by Crippen LogP contribution is 2.44. The topological polar surface area (TPSA) is 58.6 Å². The quantitative estimate of drug-likeness (QED) is 0.920. The zero-order valence-corrected chi connectivity index (χ0v) is 14.1. The minimum absolute atomic E-state index is 0.0719. The molecule has 24 heavy (non-hydrogen) atoms. The van der Waals surface area contributed by atoms with Crippen molar-refractivity contribution in [2.75, 3.05) is 13.7 Å². The van der Waals surface area contributed by atoms with Gasteiger partial charge in [-0.25, -0.2) is 0 Å². The molecule has 0 spiro atoms. The molecule has 0 aromatic heterocycles. The van der Waals surface area contributed by atoms with Crippen LogP contribution in [0.25, 0.3) is 0 Å². The van der Waals surface area contributed by atoms with Gasteiger partial charge >= 0.3 is 0 Å². The molecule has 3 fully saturated rings. The molecule has 1 saturated carbocycles. The van der Waals surface area contributed by atoms with E-state index in [0.717, 1.165) is 30.6 Å². The number of ether oxygens (including phenoxy) is 1. The third-order valence-corrected chi connectivity index (χ3v) is 5.97. The van der Waals surface area contributed by atoms with Gasteiger partial charge in [-0.15, -0.1) is 0 Å². The van der Waals surface area contributed by atoms with Crippen LogP contribution in [-0.4, -0.2) is 42.5 Å². The summed E-state index contributed by atoms with van der Waals surface area (Å²) in [5.41, 5.74) is 0.311. The molecule has 1 N–H and O–H groups in total. The monoisotopic (exact) mass is 328 g/mol. The SMILES string of the molecule is COc1cccc([C@]2(C(=O)NC3CCC3)C[C@@H]3CCC(=O)N3C2)c1. The summed E-state index contributed by atoms with van der Waals surface area (Å²) in [5.74, 6) is 1.01. The molecule has 4 rings (SSSR count).